The van der Waals surface area contributed by atoms with E-state index in [0.717, 1.165) is 6.42 Å². The van der Waals surface area contributed by atoms with E-state index in [0.29, 0.717) is 30.2 Å². The van der Waals surface area contributed by atoms with Gasteiger partial charge in [-0.1, -0.05) is 36.7 Å². The van der Waals surface area contributed by atoms with Crippen LogP contribution in [0.3, 0.4) is 0 Å². The fourth-order valence-electron chi connectivity index (χ4n) is 2.23. The van der Waals surface area contributed by atoms with E-state index in [-0.39, 0.29) is 11.9 Å². The Labute approximate surface area is 123 Å². The molecule has 1 aromatic rings. The molecule has 1 fully saturated rings. The number of amides is 3. The van der Waals surface area contributed by atoms with Gasteiger partial charge in [0.25, 0.3) is 0 Å². The SMILES string of the molecule is CCCNC(=O)N1CCNC(=O)C1c1ccccc1Cl. The fourth-order valence-corrected chi connectivity index (χ4v) is 2.46. The molecule has 0 aliphatic carbocycles. The van der Waals surface area contributed by atoms with Crippen LogP contribution in [0.25, 0.3) is 0 Å². The Balaban J connectivity index is 2.27. The Morgan fingerprint density at radius 2 is 2.25 bits per heavy atom. The molecule has 5 nitrogen and oxygen atoms in total. The number of hydrogen-bond acceptors (Lipinski definition) is 2. The van der Waals surface area contributed by atoms with Gasteiger partial charge in [0.05, 0.1) is 0 Å². The molecule has 0 radical (unpaired) electrons. The molecule has 1 heterocycles. The van der Waals surface area contributed by atoms with E-state index in [1.165, 1.54) is 4.90 Å². The molecule has 1 unspecified atom stereocenters. The van der Waals surface area contributed by atoms with Crippen molar-refractivity contribution in [1.82, 2.24) is 15.5 Å². The quantitative estimate of drug-likeness (QED) is 0.895. The van der Waals surface area contributed by atoms with Crippen LogP contribution in [-0.2, 0) is 4.79 Å². The maximum atomic E-state index is 12.2. The molecular weight excluding hydrogens is 278 g/mol. The zero-order valence-electron chi connectivity index (χ0n) is 11.4. The summed E-state index contributed by atoms with van der Waals surface area (Å²) < 4.78 is 0. The standard InChI is InChI=1S/C14H18ClN3O2/c1-2-7-17-14(20)18-9-8-16-13(19)12(18)10-5-3-4-6-11(10)15/h3-6,12H,2,7-9H2,1H3,(H,16,19)(H,17,20). The molecule has 0 saturated carbocycles. The van der Waals surface area contributed by atoms with Crippen molar-refractivity contribution in [3.63, 3.8) is 0 Å². The average Bonchev–Trinajstić information content (AvgIpc) is 2.45. The number of hydrogen-bond donors (Lipinski definition) is 2. The van der Waals surface area contributed by atoms with E-state index >= 15 is 0 Å². The van der Waals surface area contributed by atoms with E-state index in [2.05, 4.69) is 10.6 Å². The second kappa shape index (κ2) is 6.61. The fraction of sp³-hybridized carbons (Fsp3) is 0.429. The predicted octanol–water partition coefficient (Wildman–Crippen LogP) is 1.93. The number of halogens is 1. The van der Waals surface area contributed by atoms with Crippen LogP contribution in [0.2, 0.25) is 5.02 Å². The maximum Gasteiger partial charge on any atom is 0.318 e. The van der Waals surface area contributed by atoms with Gasteiger partial charge in [-0.15, -0.1) is 0 Å². The Kier molecular flexibility index (Phi) is 4.84. The van der Waals surface area contributed by atoms with Crippen LogP contribution in [0.4, 0.5) is 4.79 Å². The highest BCUT2D eigenvalue weighted by molar-refractivity contribution is 6.31. The molecule has 1 aromatic carbocycles. The zero-order chi connectivity index (χ0) is 14.5. The lowest BCUT2D eigenvalue weighted by Gasteiger charge is -2.35. The lowest BCUT2D eigenvalue weighted by Crippen LogP contribution is -2.54. The van der Waals surface area contributed by atoms with Crippen LogP contribution in [-0.4, -0.2) is 36.5 Å². The van der Waals surface area contributed by atoms with Crippen molar-refractivity contribution in [3.8, 4) is 0 Å². The first-order chi connectivity index (χ1) is 9.65. The van der Waals surface area contributed by atoms with Crippen LogP contribution in [0.1, 0.15) is 24.9 Å². The first-order valence-corrected chi connectivity index (χ1v) is 7.09. The van der Waals surface area contributed by atoms with Crippen molar-refractivity contribution in [2.24, 2.45) is 0 Å². The number of carbonyl (C=O) groups is 2. The molecule has 0 spiro atoms. The number of nitrogens with zero attached hydrogens (tertiary/aromatic N) is 1. The first-order valence-electron chi connectivity index (χ1n) is 6.71. The molecule has 20 heavy (non-hydrogen) atoms. The normalized spacial score (nSPS) is 18.6. The summed E-state index contributed by atoms with van der Waals surface area (Å²) in [6, 6.07) is 6.21. The number of nitrogens with one attached hydrogen (secondary N) is 2. The molecule has 2 rings (SSSR count). The van der Waals surface area contributed by atoms with Gasteiger partial charge >= 0.3 is 6.03 Å². The third-order valence-corrected chi connectivity index (χ3v) is 3.54. The van der Waals surface area contributed by atoms with Crippen LogP contribution in [0.15, 0.2) is 24.3 Å². The van der Waals surface area contributed by atoms with Crippen molar-refractivity contribution in [1.29, 1.82) is 0 Å². The van der Waals surface area contributed by atoms with Crippen molar-refractivity contribution in [2.45, 2.75) is 19.4 Å². The van der Waals surface area contributed by atoms with Crippen molar-refractivity contribution in [2.75, 3.05) is 19.6 Å². The number of rotatable bonds is 3. The largest absolute Gasteiger partial charge is 0.352 e. The van der Waals surface area contributed by atoms with Gasteiger partial charge in [0.15, 0.2) is 0 Å². The number of urea groups is 1. The predicted molar refractivity (Wildman–Crippen MR) is 77.6 cm³/mol. The van der Waals surface area contributed by atoms with E-state index in [4.69, 9.17) is 11.6 Å². The summed E-state index contributed by atoms with van der Waals surface area (Å²) >= 11 is 6.16. The van der Waals surface area contributed by atoms with Crippen molar-refractivity contribution < 1.29 is 9.59 Å². The Bertz CT molecular complexity index is 507. The van der Waals surface area contributed by atoms with Gasteiger partial charge < -0.3 is 15.5 Å². The Morgan fingerprint density at radius 1 is 1.50 bits per heavy atom. The average molecular weight is 296 g/mol. The number of benzene rings is 1. The third-order valence-electron chi connectivity index (χ3n) is 3.20. The minimum Gasteiger partial charge on any atom is -0.352 e. The van der Waals surface area contributed by atoms with Crippen molar-refractivity contribution in [3.05, 3.63) is 34.9 Å². The highest BCUT2D eigenvalue weighted by Crippen LogP contribution is 2.29. The van der Waals surface area contributed by atoms with Gasteiger partial charge in [0.1, 0.15) is 6.04 Å². The minimum absolute atomic E-state index is 0.198. The molecule has 2 N–H and O–H groups in total. The summed E-state index contributed by atoms with van der Waals surface area (Å²) in [5, 5.41) is 6.07. The molecule has 6 heteroatoms. The van der Waals surface area contributed by atoms with Gasteiger partial charge in [-0.05, 0) is 12.5 Å². The van der Waals surface area contributed by atoms with E-state index in [1.54, 1.807) is 18.2 Å². The monoisotopic (exact) mass is 295 g/mol. The minimum atomic E-state index is -0.672. The molecule has 0 aromatic heterocycles. The number of piperazine rings is 1. The highest BCUT2D eigenvalue weighted by atomic mass is 35.5. The van der Waals surface area contributed by atoms with Crippen LogP contribution in [0, 0.1) is 0 Å². The third kappa shape index (κ3) is 3.04. The Morgan fingerprint density at radius 3 is 2.95 bits per heavy atom. The summed E-state index contributed by atoms with van der Waals surface area (Å²) in [4.78, 5) is 25.9. The van der Waals surface area contributed by atoms with Crippen LogP contribution < -0.4 is 10.6 Å². The van der Waals surface area contributed by atoms with Gasteiger partial charge in [-0.2, -0.15) is 0 Å². The highest BCUT2D eigenvalue weighted by Gasteiger charge is 2.35. The van der Waals surface area contributed by atoms with Gasteiger partial charge in [-0.3, -0.25) is 4.79 Å². The van der Waals surface area contributed by atoms with Gasteiger partial charge in [0, 0.05) is 30.2 Å². The molecule has 1 aliphatic heterocycles. The summed E-state index contributed by atoms with van der Waals surface area (Å²) in [6.45, 7) is 3.50. The second-order valence-corrected chi connectivity index (χ2v) is 5.05. The lowest BCUT2D eigenvalue weighted by molar-refractivity contribution is -0.127. The van der Waals surface area contributed by atoms with Crippen LogP contribution in [0.5, 0.6) is 0 Å². The van der Waals surface area contributed by atoms with Gasteiger partial charge in [-0.25, -0.2) is 4.79 Å². The van der Waals surface area contributed by atoms with E-state index in [9.17, 15) is 9.59 Å². The topological polar surface area (TPSA) is 61.4 Å². The molecule has 0 bridgehead atoms. The maximum absolute atomic E-state index is 12.2. The second-order valence-electron chi connectivity index (χ2n) is 4.64. The summed E-state index contributed by atoms with van der Waals surface area (Å²) in [5.41, 5.74) is 0.651. The van der Waals surface area contributed by atoms with E-state index in [1.807, 2.05) is 13.0 Å². The Hall–Kier alpha value is -1.75. The summed E-state index contributed by atoms with van der Waals surface area (Å²) in [6.07, 6.45) is 0.850. The zero-order valence-corrected chi connectivity index (χ0v) is 12.1. The smallest absolute Gasteiger partial charge is 0.318 e. The van der Waals surface area contributed by atoms with Crippen LogP contribution >= 0.6 is 11.6 Å². The first kappa shape index (κ1) is 14.7. The summed E-state index contributed by atoms with van der Waals surface area (Å²) in [7, 11) is 0. The van der Waals surface area contributed by atoms with Gasteiger partial charge in [0.2, 0.25) is 5.91 Å². The molecule has 108 valence electrons. The molecule has 1 atom stereocenters. The molecule has 1 saturated heterocycles. The molecule has 1 aliphatic rings. The lowest BCUT2D eigenvalue weighted by atomic mass is 10.0. The molecular formula is C14H18ClN3O2. The number of carbonyl (C=O) groups excluding carboxylic acids is 2. The van der Waals surface area contributed by atoms with E-state index < -0.39 is 6.04 Å². The summed E-state index contributed by atoms with van der Waals surface area (Å²) in [5.74, 6) is -0.198. The molecule has 3 amide bonds. The van der Waals surface area contributed by atoms with Crippen molar-refractivity contribution >= 4 is 23.5 Å².